The monoisotopic (exact) mass is 199 g/mol. The van der Waals surface area contributed by atoms with Crippen molar-refractivity contribution < 1.29 is 5.11 Å². The molecule has 1 saturated carbocycles. The normalized spacial score (nSPS) is 21.2. The first-order valence-corrected chi connectivity index (χ1v) is 6.03. The molecule has 0 spiro atoms. The summed E-state index contributed by atoms with van der Waals surface area (Å²) in [6, 6.07) is 0. The van der Waals surface area contributed by atoms with E-state index in [1.54, 1.807) is 0 Å². The Morgan fingerprint density at radius 2 is 1.93 bits per heavy atom. The van der Waals surface area contributed by atoms with Crippen molar-refractivity contribution in [1.29, 1.82) is 0 Å². The predicted molar refractivity (Wildman–Crippen MR) is 60.0 cm³/mol. The van der Waals surface area contributed by atoms with E-state index in [4.69, 9.17) is 5.73 Å². The van der Waals surface area contributed by atoms with Gasteiger partial charge in [-0.05, 0) is 31.1 Å². The Labute approximate surface area is 87.9 Å². The molecule has 0 aliphatic heterocycles. The molecule has 0 amide bonds. The lowest BCUT2D eigenvalue weighted by Crippen LogP contribution is -2.38. The summed E-state index contributed by atoms with van der Waals surface area (Å²) in [5.74, 6) is 1.45. The second kappa shape index (κ2) is 5.13. The molecule has 0 radical (unpaired) electrons. The maximum Gasteiger partial charge on any atom is 0.0502 e. The van der Waals surface area contributed by atoms with E-state index in [0.717, 1.165) is 12.3 Å². The van der Waals surface area contributed by atoms with Gasteiger partial charge in [0.05, 0.1) is 6.61 Å². The Balaban J connectivity index is 2.56. The Morgan fingerprint density at radius 3 is 2.21 bits per heavy atom. The number of hydrogen-bond donors (Lipinski definition) is 2. The van der Waals surface area contributed by atoms with Crippen molar-refractivity contribution in [3.63, 3.8) is 0 Å². The van der Waals surface area contributed by atoms with Gasteiger partial charge in [0.2, 0.25) is 0 Å². The van der Waals surface area contributed by atoms with Crippen LogP contribution in [0.3, 0.4) is 0 Å². The minimum Gasteiger partial charge on any atom is -0.396 e. The van der Waals surface area contributed by atoms with Crippen LogP contribution in [-0.2, 0) is 0 Å². The van der Waals surface area contributed by atoms with E-state index in [2.05, 4.69) is 13.8 Å². The van der Waals surface area contributed by atoms with Gasteiger partial charge in [-0.3, -0.25) is 0 Å². The fourth-order valence-electron chi connectivity index (χ4n) is 2.52. The topological polar surface area (TPSA) is 46.2 Å². The molecule has 1 fully saturated rings. The molecular formula is C12H25NO. The van der Waals surface area contributed by atoms with E-state index in [9.17, 15) is 5.11 Å². The first-order valence-electron chi connectivity index (χ1n) is 6.03. The van der Waals surface area contributed by atoms with Crippen LogP contribution in [0.2, 0.25) is 0 Å². The van der Waals surface area contributed by atoms with Gasteiger partial charge in [-0.25, -0.2) is 0 Å². The van der Waals surface area contributed by atoms with Crippen molar-refractivity contribution in [2.75, 3.05) is 13.2 Å². The summed E-state index contributed by atoms with van der Waals surface area (Å²) in [5, 5.41) is 9.55. The molecule has 3 N–H and O–H groups in total. The molecule has 0 saturated heterocycles. The zero-order valence-electron chi connectivity index (χ0n) is 9.63. The third-order valence-corrected chi connectivity index (χ3v) is 4.01. The maximum absolute atomic E-state index is 9.55. The molecule has 2 nitrogen and oxygen atoms in total. The van der Waals surface area contributed by atoms with Gasteiger partial charge in [0.25, 0.3) is 0 Å². The Kier molecular flexibility index (Phi) is 4.39. The first-order chi connectivity index (χ1) is 6.72. The Bertz CT molecular complexity index is 158. The van der Waals surface area contributed by atoms with Crippen LogP contribution < -0.4 is 5.73 Å². The average Bonchev–Trinajstić information content (AvgIpc) is 3.05. The minimum absolute atomic E-state index is 0.0523. The van der Waals surface area contributed by atoms with Crippen molar-refractivity contribution in [3.05, 3.63) is 0 Å². The Morgan fingerprint density at radius 1 is 1.36 bits per heavy atom. The molecule has 2 heteroatoms. The van der Waals surface area contributed by atoms with Crippen LogP contribution in [0.4, 0.5) is 0 Å². The van der Waals surface area contributed by atoms with Gasteiger partial charge in [0, 0.05) is 12.0 Å². The third-order valence-electron chi connectivity index (χ3n) is 4.01. The highest BCUT2D eigenvalue weighted by atomic mass is 16.3. The second-order valence-corrected chi connectivity index (χ2v) is 4.89. The summed E-state index contributed by atoms with van der Waals surface area (Å²) < 4.78 is 0. The molecule has 1 aliphatic carbocycles. The van der Waals surface area contributed by atoms with Crippen molar-refractivity contribution in [1.82, 2.24) is 0 Å². The van der Waals surface area contributed by atoms with Crippen LogP contribution in [0, 0.1) is 17.3 Å². The van der Waals surface area contributed by atoms with E-state index in [0.29, 0.717) is 12.5 Å². The number of hydrogen-bond acceptors (Lipinski definition) is 2. The predicted octanol–water partition coefficient (Wildman–Crippen LogP) is 2.16. The lowest BCUT2D eigenvalue weighted by Gasteiger charge is -2.34. The Hall–Kier alpha value is -0.0800. The lowest BCUT2D eigenvalue weighted by molar-refractivity contribution is 0.0786. The van der Waals surface area contributed by atoms with Crippen LogP contribution in [0.15, 0.2) is 0 Å². The smallest absolute Gasteiger partial charge is 0.0502 e. The molecule has 0 aromatic rings. The van der Waals surface area contributed by atoms with Crippen molar-refractivity contribution in [2.45, 2.75) is 46.0 Å². The van der Waals surface area contributed by atoms with E-state index in [-0.39, 0.29) is 12.0 Å². The summed E-state index contributed by atoms with van der Waals surface area (Å²) in [5.41, 5.74) is 5.91. The van der Waals surface area contributed by atoms with Gasteiger partial charge < -0.3 is 10.8 Å². The summed E-state index contributed by atoms with van der Waals surface area (Å²) in [4.78, 5) is 0. The van der Waals surface area contributed by atoms with Crippen LogP contribution >= 0.6 is 0 Å². The van der Waals surface area contributed by atoms with E-state index < -0.39 is 0 Å². The van der Waals surface area contributed by atoms with Crippen LogP contribution in [0.5, 0.6) is 0 Å². The van der Waals surface area contributed by atoms with Crippen LogP contribution in [0.1, 0.15) is 46.0 Å². The zero-order valence-corrected chi connectivity index (χ0v) is 9.63. The van der Waals surface area contributed by atoms with Gasteiger partial charge in [0.1, 0.15) is 0 Å². The van der Waals surface area contributed by atoms with Gasteiger partial charge in [-0.2, -0.15) is 0 Å². The van der Waals surface area contributed by atoms with Gasteiger partial charge in [-0.1, -0.05) is 26.7 Å². The molecule has 1 rings (SSSR count). The van der Waals surface area contributed by atoms with Gasteiger partial charge >= 0.3 is 0 Å². The first kappa shape index (κ1) is 12.0. The zero-order chi connectivity index (χ0) is 10.6. The van der Waals surface area contributed by atoms with Gasteiger partial charge in [-0.15, -0.1) is 0 Å². The maximum atomic E-state index is 9.55. The molecule has 0 aromatic heterocycles. The summed E-state index contributed by atoms with van der Waals surface area (Å²) in [7, 11) is 0. The molecular weight excluding hydrogens is 174 g/mol. The molecule has 84 valence electrons. The van der Waals surface area contributed by atoms with Crippen LogP contribution in [0.25, 0.3) is 0 Å². The molecule has 1 aliphatic rings. The second-order valence-electron chi connectivity index (χ2n) is 4.89. The van der Waals surface area contributed by atoms with E-state index in [1.165, 1.54) is 25.7 Å². The molecule has 0 bridgehead atoms. The van der Waals surface area contributed by atoms with Crippen molar-refractivity contribution in [2.24, 2.45) is 23.0 Å². The highest BCUT2D eigenvalue weighted by Crippen LogP contribution is 2.49. The summed E-state index contributed by atoms with van der Waals surface area (Å²) >= 11 is 0. The van der Waals surface area contributed by atoms with Crippen LogP contribution in [-0.4, -0.2) is 18.3 Å². The summed E-state index contributed by atoms with van der Waals surface area (Å²) in [6.07, 6.45) is 6.10. The van der Waals surface area contributed by atoms with E-state index >= 15 is 0 Å². The molecule has 1 atom stereocenters. The standard InChI is InChI=1S/C12H25NO/c1-3-10(4-2)7-12(8-13,9-14)11-5-6-11/h10-11,14H,3-9,13H2,1-2H3. The number of nitrogens with two attached hydrogens (primary N) is 1. The highest BCUT2D eigenvalue weighted by molar-refractivity contribution is 4.95. The van der Waals surface area contributed by atoms with Crippen molar-refractivity contribution >= 4 is 0 Å². The SMILES string of the molecule is CCC(CC)CC(CN)(CO)C1CC1. The number of aliphatic hydroxyl groups excluding tert-OH is 1. The average molecular weight is 199 g/mol. The number of aliphatic hydroxyl groups is 1. The number of rotatable bonds is 7. The fraction of sp³-hybridized carbons (Fsp3) is 1.00. The van der Waals surface area contributed by atoms with E-state index in [1.807, 2.05) is 0 Å². The van der Waals surface area contributed by atoms with Crippen molar-refractivity contribution in [3.8, 4) is 0 Å². The molecule has 1 unspecified atom stereocenters. The molecule has 0 heterocycles. The minimum atomic E-state index is 0.0523. The highest BCUT2D eigenvalue weighted by Gasteiger charge is 2.44. The molecule has 0 aromatic carbocycles. The fourth-order valence-corrected chi connectivity index (χ4v) is 2.52. The summed E-state index contributed by atoms with van der Waals surface area (Å²) in [6.45, 7) is 5.41. The largest absolute Gasteiger partial charge is 0.396 e. The quantitative estimate of drug-likeness (QED) is 0.660. The third kappa shape index (κ3) is 2.48. The lowest BCUT2D eigenvalue weighted by atomic mass is 9.74. The van der Waals surface area contributed by atoms with Gasteiger partial charge in [0.15, 0.2) is 0 Å². The molecule has 14 heavy (non-hydrogen) atoms.